The first kappa shape index (κ1) is 13.8. The zero-order chi connectivity index (χ0) is 13.8. The third-order valence-electron chi connectivity index (χ3n) is 2.60. The minimum absolute atomic E-state index is 0.0455. The summed E-state index contributed by atoms with van der Waals surface area (Å²) in [6.45, 7) is 2.44. The predicted molar refractivity (Wildman–Crippen MR) is 77.0 cm³/mol. The number of carbonyl (C=O) groups is 1. The van der Waals surface area contributed by atoms with Gasteiger partial charge in [-0.1, -0.05) is 29.8 Å². The summed E-state index contributed by atoms with van der Waals surface area (Å²) in [6, 6.07) is 7.58. The Kier molecular flexibility index (Phi) is 4.39. The van der Waals surface area contributed by atoms with Crippen molar-refractivity contribution >= 4 is 34.0 Å². The first-order valence-corrected chi connectivity index (χ1v) is 6.91. The van der Waals surface area contributed by atoms with Gasteiger partial charge in [-0.05, 0) is 18.6 Å². The van der Waals surface area contributed by atoms with Gasteiger partial charge >= 0.3 is 5.97 Å². The number of hydrogen-bond acceptors (Lipinski definition) is 4. The van der Waals surface area contributed by atoms with E-state index >= 15 is 0 Å². The number of carboxylic acid groups (broad SMARTS) is 1. The molecule has 0 bridgehead atoms. The van der Waals surface area contributed by atoms with Gasteiger partial charge in [0.05, 0.1) is 12.1 Å². The van der Waals surface area contributed by atoms with Crippen molar-refractivity contribution in [3.8, 4) is 0 Å². The third kappa shape index (κ3) is 3.68. The number of halogens is 1. The molecule has 6 heteroatoms. The van der Waals surface area contributed by atoms with Crippen molar-refractivity contribution < 1.29 is 9.90 Å². The molecular weight excluding hydrogens is 284 g/mol. The minimum atomic E-state index is -0.869. The fourth-order valence-electron chi connectivity index (χ4n) is 1.62. The number of anilines is 1. The number of aryl methyl sites for hydroxylation is 1. The van der Waals surface area contributed by atoms with E-state index in [9.17, 15) is 4.79 Å². The van der Waals surface area contributed by atoms with Gasteiger partial charge in [-0.25, -0.2) is 4.98 Å². The predicted octanol–water partition coefficient (Wildman–Crippen LogP) is 3.34. The van der Waals surface area contributed by atoms with E-state index in [0.29, 0.717) is 22.4 Å². The normalized spacial score (nSPS) is 10.4. The number of thiazole rings is 1. The molecule has 1 aromatic carbocycles. The first-order valence-electron chi connectivity index (χ1n) is 5.71. The smallest absolute Gasteiger partial charge is 0.309 e. The second-order valence-electron chi connectivity index (χ2n) is 4.04. The lowest BCUT2D eigenvalue weighted by Gasteiger charge is -2.04. The molecule has 0 aliphatic heterocycles. The van der Waals surface area contributed by atoms with Crippen LogP contribution in [0.3, 0.4) is 0 Å². The molecule has 1 aromatic heterocycles. The highest BCUT2D eigenvalue weighted by Gasteiger charge is 2.11. The molecule has 0 fully saturated rings. The molecule has 2 aromatic rings. The lowest BCUT2D eigenvalue weighted by molar-refractivity contribution is -0.136. The van der Waals surface area contributed by atoms with Crippen LogP contribution in [0.2, 0.25) is 5.02 Å². The van der Waals surface area contributed by atoms with E-state index in [4.69, 9.17) is 16.7 Å². The van der Waals surface area contributed by atoms with Gasteiger partial charge in [-0.2, -0.15) is 0 Å². The number of hydrogen-bond donors (Lipinski definition) is 2. The average molecular weight is 297 g/mol. The van der Waals surface area contributed by atoms with E-state index in [0.717, 1.165) is 10.4 Å². The molecule has 2 rings (SSSR count). The van der Waals surface area contributed by atoms with Crippen LogP contribution in [0.25, 0.3) is 0 Å². The third-order valence-corrected chi connectivity index (χ3v) is 3.94. The van der Waals surface area contributed by atoms with E-state index in [2.05, 4.69) is 10.3 Å². The summed E-state index contributed by atoms with van der Waals surface area (Å²) >= 11 is 7.51. The largest absolute Gasteiger partial charge is 0.481 e. The number of benzene rings is 1. The van der Waals surface area contributed by atoms with Crippen LogP contribution in [0.1, 0.15) is 16.1 Å². The summed E-state index contributed by atoms with van der Waals surface area (Å²) < 4.78 is 0. The monoisotopic (exact) mass is 296 g/mol. The van der Waals surface area contributed by atoms with E-state index in [1.165, 1.54) is 11.3 Å². The Morgan fingerprint density at radius 3 is 2.89 bits per heavy atom. The molecular formula is C13H13ClN2O2S. The fraction of sp³-hybridized carbons (Fsp3) is 0.231. The standard InChI is InChI=1S/C13H13ClN2O2S/c1-8-11(6-12(17)18)16-13(19-8)15-7-9-4-2-3-5-10(9)14/h2-5H,6-7H2,1H3,(H,15,16)(H,17,18). The summed E-state index contributed by atoms with van der Waals surface area (Å²) in [6.07, 6.45) is -0.0455. The van der Waals surface area contributed by atoms with E-state index in [1.807, 2.05) is 31.2 Å². The van der Waals surface area contributed by atoms with Crippen molar-refractivity contribution in [1.29, 1.82) is 0 Å². The molecule has 0 radical (unpaired) electrons. The Bertz CT molecular complexity index is 598. The van der Waals surface area contributed by atoms with Crippen molar-refractivity contribution in [3.63, 3.8) is 0 Å². The van der Waals surface area contributed by atoms with Crippen LogP contribution >= 0.6 is 22.9 Å². The van der Waals surface area contributed by atoms with Crippen LogP contribution in [-0.4, -0.2) is 16.1 Å². The molecule has 0 spiro atoms. The number of carboxylic acids is 1. The lowest BCUT2D eigenvalue weighted by atomic mass is 10.2. The molecule has 0 saturated carbocycles. The van der Waals surface area contributed by atoms with E-state index < -0.39 is 5.97 Å². The van der Waals surface area contributed by atoms with Gasteiger partial charge in [0.2, 0.25) is 0 Å². The number of aromatic nitrogens is 1. The maximum Gasteiger partial charge on any atom is 0.309 e. The van der Waals surface area contributed by atoms with E-state index in [1.54, 1.807) is 0 Å². The molecule has 0 aliphatic carbocycles. The number of nitrogens with zero attached hydrogens (tertiary/aromatic N) is 1. The molecule has 100 valence electrons. The summed E-state index contributed by atoms with van der Waals surface area (Å²) in [5.74, 6) is -0.869. The van der Waals surface area contributed by atoms with Gasteiger partial charge in [-0.15, -0.1) is 11.3 Å². The zero-order valence-electron chi connectivity index (χ0n) is 10.3. The molecule has 0 atom stereocenters. The Labute approximate surface area is 120 Å². The molecule has 4 nitrogen and oxygen atoms in total. The maximum absolute atomic E-state index is 10.7. The van der Waals surface area contributed by atoms with Crippen LogP contribution in [0, 0.1) is 6.92 Å². The molecule has 19 heavy (non-hydrogen) atoms. The number of rotatable bonds is 5. The fourth-order valence-corrected chi connectivity index (χ4v) is 2.65. The summed E-state index contributed by atoms with van der Waals surface area (Å²) in [4.78, 5) is 15.9. The van der Waals surface area contributed by atoms with Gasteiger partial charge in [0.15, 0.2) is 5.13 Å². The average Bonchev–Trinajstić information content (AvgIpc) is 2.68. The van der Waals surface area contributed by atoms with Gasteiger partial charge < -0.3 is 10.4 Å². The number of nitrogens with one attached hydrogen (secondary N) is 1. The molecule has 2 N–H and O–H groups in total. The van der Waals surface area contributed by atoms with Crippen LogP contribution < -0.4 is 5.32 Å². The molecule has 0 aliphatic rings. The SMILES string of the molecule is Cc1sc(NCc2ccccc2Cl)nc1CC(=O)O. The highest BCUT2D eigenvalue weighted by molar-refractivity contribution is 7.15. The summed E-state index contributed by atoms with van der Waals surface area (Å²) in [5, 5.41) is 13.4. The Hall–Kier alpha value is -1.59. The summed E-state index contributed by atoms with van der Waals surface area (Å²) in [7, 11) is 0. The molecule has 0 saturated heterocycles. The van der Waals surface area contributed by atoms with Gasteiger partial charge in [0.1, 0.15) is 0 Å². The maximum atomic E-state index is 10.7. The van der Waals surface area contributed by atoms with Crippen molar-refractivity contribution in [2.75, 3.05) is 5.32 Å². The van der Waals surface area contributed by atoms with E-state index in [-0.39, 0.29) is 6.42 Å². The van der Waals surface area contributed by atoms with Gasteiger partial charge in [-0.3, -0.25) is 4.79 Å². The van der Waals surface area contributed by atoms with Crippen LogP contribution in [0.5, 0.6) is 0 Å². The zero-order valence-corrected chi connectivity index (χ0v) is 11.9. The minimum Gasteiger partial charge on any atom is -0.481 e. The highest BCUT2D eigenvalue weighted by atomic mass is 35.5. The lowest BCUT2D eigenvalue weighted by Crippen LogP contribution is -2.03. The van der Waals surface area contributed by atoms with Crippen LogP contribution in [-0.2, 0) is 17.8 Å². The topological polar surface area (TPSA) is 62.2 Å². The van der Waals surface area contributed by atoms with Gasteiger partial charge in [0, 0.05) is 16.4 Å². The summed E-state index contributed by atoms with van der Waals surface area (Å²) in [5.41, 5.74) is 1.59. The van der Waals surface area contributed by atoms with Crippen molar-refractivity contribution in [2.45, 2.75) is 19.9 Å². The van der Waals surface area contributed by atoms with Crippen LogP contribution in [0.4, 0.5) is 5.13 Å². The van der Waals surface area contributed by atoms with Crippen molar-refractivity contribution in [3.05, 3.63) is 45.4 Å². The first-order chi connectivity index (χ1) is 9.06. The highest BCUT2D eigenvalue weighted by Crippen LogP contribution is 2.24. The Balaban J connectivity index is 2.04. The van der Waals surface area contributed by atoms with Crippen LogP contribution in [0.15, 0.2) is 24.3 Å². The Morgan fingerprint density at radius 1 is 1.47 bits per heavy atom. The van der Waals surface area contributed by atoms with Crippen molar-refractivity contribution in [1.82, 2.24) is 4.98 Å². The molecule has 1 heterocycles. The number of aliphatic carboxylic acids is 1. The Morgan fingerprint density at radius 2 is 2.21 bits per heavy atom. The van der Waals surface area contributed by atoms with Gasteiger partial charge in [0.25, 0.3) is 0 Å². The second-order valence-corrected chi connectivity index (χ2v) is 5.65. The second kappa shape index (κ2) is 6.04. The quantitative estimate of drug-likeness (QED) is 0.888. The molecule has 0 amide bonds. The molecule has 0 unspecified atom stereocenters. The van der Waals surface area contributed by atoms with Crippen molar-refractivity contribution in [2.24, 2.45) is 0 Å².